The van der Waals surface area contributed by atoms with Crippen molar-refractivity contribution >= 4 is 22.6 Å². The van der Waals surface area contributed by atoms with E-state index in [4.69, 9.17) is 9.72 Å². The number of fused-ring (bicyclic) bond motifs is 1. The Morgan fingerprint density at radius 1 is 0.944 bits per heavy atom. The van der Waals surface area contributed by atoms with Crippen molar-refractivity contribution in [3.63, 3.8) is 0 Å². The van der Waals surface area contributed by atoms with E-state index < -0.39 is 0 Å². The zero-order valence-corrected chi connectivity index (χ0v) is 21.8. The van der Waals surface area contributed by atoms with Crippen molar-refractivity contribution in [2.45, 2.75) is 59.4 Å². The van der Waals surface area contributed by atoms with Gasteiger partial charge in [0.25, 0.3) is 0 Å². The van der Waals surface area contributed by atoms with Gasteiger partial charge in [0.2, 0.25) is 5.91 Å². The van der Waals surface area contributed by atoms with Crippen LogP contribution in [0.3, 0.4) is 0 Å². The van der Waals surface area contributed by atoms with Crippen LogP contribution in [0.2, 0.25) is 0 Å². The van der Waals surface area contributed by atoms with Crippen LogP contribution < -0.4 is 9.64 Å². The van der Waals surface area contributed by atoms with Crippen molar-refractivity contribution in [1.82, 2.24) is 9.55 Å². The van der Waals surface area contributed by atoms with Crippen molar-refractivity contribution in [2.75, 3.05) is 18.1 Å². The third-order valence-corrected chi connectivity index (χ3v) is 7.41. The van der Waals surface area contributed by atoms with E-state index >= 15 is 0 Å². The van der Waals surface area contributed by atoms with Gasteiger partial charge in [0.15, 0.2) is 0 Å². The Bertz CT molecular complexity index is 1400. The number of aryl methyl sites for hydroxylation is 4. The van der Waals surface area contributed by atoms with E-state index in [0.717, 1.165) is 47.7 Å². The van der Waals surface area contributed by atoms with Gasteiger partial charge < -0.3 is 14.2 Å². The molecule has 1 fully saturated rings. The summed E-state index contributed by atoms with van der Waals surface area (Å²) in [5.74, 6) is 2.24. The summed E-state index contributed by atoms with van der Waals surface area (Å²) in [5, 5.41) is 0. The summed E-state index contributed by atoms with van der Waals surface area (Å²) in [7, 11) is 0. The van der Waals surface area contributed by atoms with Crippen LogP contribution in [0.25, 0.3) is 11.0 Å². The first-order valence-corrected chi connectivity index (χ1v) is 12.9. The molecular weight excluding hydrogens is 446 g/mol. The fourth-order valence-corrected chi connectivity index (χ4v) is 5.30. The molecule has 1 atom stereocenters. The standard InChI is InChI=1S/C31H35N3O2/c1-21-14-15-29(23(3)18-21)36-17-8-7-16-33-28-12-6-5-11-26(28)32-31(33)25-19-30(35)34(20-25)27-13-9-10-22(2)24(27)4/h5-6,9-15,18,25H,7-8,16-17,19-20H2,1-4H3. The molecule has 1 aromatic heterocycles. The van der Waals surface area contributed by atoms with Gasteiger partial charge in [0, 0.05) is 31.1 Å². The van der Waals surface area contributed by atoms with E-state index in [1.54, 1.807) is 0 Å². The number of hydrogen-bond acceptors (Lipinski definition) is 3. The van der Waals surface area contributed by atoms with E-state index in [-0.39, 0.29) is 11.8 Å². The van der Waals surface area contributed by atoms with Gasteiger partial charge in [-0.1, -0.05) is 42.0 Å². The topological polar surface area (TPSA) is 47.4 Å². The minimum absolute atomic E-state index is 0.0799. The number of ether oxygens (including phenoxy) is 1. The number of aromatic nitrogens is 2. The maximum atomic E-state index is 13.1. The summed E-state index contributed by atoms with van der Waals surface area (Å²) in [6.07, 6.45) is 2.43. The number of carbonyl (C=O) groups is 1. The second-order valence-electron chi connectivity index (χ2n) is 10.1. The Kier molecular flexibility index (Phi) is 6.82. The highest BCUT2D eigenvalue weighted by Crippen LogP contribution is 2.35. The number of carbonyl (C=O) groups excluding carboxylic acids is 1. The summed E-state index contributed by atoms with van der Waals surface area (Å²) in [5.41, 5.74) is 7.96. The third kappa shape index (κ3) is 4.75. The molecule has 0 bridgehead atoms. The molecule has 2 heterocycles. The van der Waals surface area contributed by atoms with Crippen LogP contribution in [0.15, 0.2) is 60.7 Å². The van der Waals surface area contributed by atoms with E-state index in [2.05, 4.69) is 80.8 Å². The molecule has 186 valence electrons. The minimum atomic E-state index is 0.0799. The van der Waals surface area contributed by atoms with E-state index in [1.807, 2.05) is 17.0 Å². The zero-order valence-electron chi connectivity index (χ0n) is 21.8. The van der Waals surface area contributed by atoms with Crippen LogP contribution in [0.5, 0.6) is 5.75 Å². The molecule has 4 aromatic rings. The van der Waals surface area contributed by atoms with Crippen LogP contribution in [0.4, 0.5) is 5.69 Å². The Morgan fingerprint density at radius 2 is 1.78 bits per heavy atom. The normalized spacial score (nSPS) is 15.7. The van der Waals surface area contributed by atoms with Crippen LogP contribution >= 0.6 is 0 Å². The fraction of sp³-hybridized carbons (Fsp3) is 0.355. The maximum absolute atomic E-state index is 13.1. The molecule has 5 heteroatoms. The van der Waals surface area contributed by atoms with Gasteiger partial charge in [0.05, 0.1) is 17.6 Å². The SMILES string of the molecule is Cc1ccc(OCCCCn2c(C3CC(=O)N(c4cccc(C)c4C)C3)nc3ccccc32)c(C)c1. The van der Waals surface area contributed by atoms with Crippen molar-refractivity contribution in [3.05, 3.63) is 88.7 Å². The molecular formula is C31H35N3O2. The Morgan fingerprint density at radius 3 is 2.61 bits per heavy atom. The number of nitrogens with zero attached hydrogens (tertiary/aromatic N) is 3. The molecule has 0 N–H and O–H groups in total. The van der Waals surface area contributed by atoms with Crippen molar-refractivity contribution < 1.29 is 9.53 Å². The molecule has 1 aliphatic heterocycles. The molecule has 1 unspecified atom stereocenters. The molecule has 3 aromatic carbocycles. The molecule has 0 radical (unpaired) electrons. The lowest BCUT2D eigenvalue weighted by Crippen LogP contribution is -2.25. The number of rotatable bonds is 8. The maximum Gasteiger partial charge on any atom is 0.227 e. The highest BCUT2D eigenvalue weighted by atomic mass is 16.5. The number of amides is 1. The molecule has 0 saturated carbocycles. The first-order valence-electron chi connectivity index (χ1n) is 12.9. The van der Waals surface area contributed by atoms with Gasteiger partial charge in [-0.2, -0.15) is 0 Å². The smallest absolute Gasteiger partial charge is 0.227 e. The first-order chi connectivity index (χ1) is 17.4. The van der Waals surface area contributed by atoms with Crippen LogP contribution in [0.1, 0.15) is 53.3 Å². The number of unbranched alkanes of at least 4 members (excludes halogenated alkanes) is 1. The Balaban J connectivity index is 1.31. The summed E-state index contributed by atoms with van der Waals surface area (Å²) in [6, 6.07) is 20.8. The highest BCUT2D eigenvalue weighted by molar-refractivity contribution is 5.97. The van der Waals surface area contributed by atoms with Gasteiger partial charge >= 0.3 is 0 Å². The minimum Gasteiger partial charge on any atom is -0.493 e. The van der Waals surface area contributed by atoms with Gasteiger partial charge in [0.1, 0.15) is 11.6 Å². The molecule has 1 amide bonds. The average Bonchev–Trinajstić information content (AvgIpc) is 3.42. The number of para-hydroxylation sites is 2. The van der Waals surface area contributed by atoms with Crippen LogP contribution in [0, 0.1) is 27.7 Å². The second-order valence-corrected chi connectivity index (χ2v) is 10.1. The summed E-state index contributed by atoms with van der Waals surface area (Å²) in [4.78, 5) is 20.1. The van der Waals surface area contributed by atoms with Crippen molar-refractivity contribution in [3.8, 4) is 5.75 Å². The number of benzene rings is 3. The third-order valence-electron chi connectivity index (χ3n) is 7.41. The first kappa shape index (κ1) is 24.1. The van der Waals surface area contributed by atoms with Crippen molar-refractivity contribution in [1.29, 1.82) is 0 Å². The van der Waals surface area contributed by atoms with Crippen molar-refractivity contribution in [2.24, 2.45) is 0 Å². The number of imidazole rings is 1. The molecule has 5 nitrogen and oxygen atoms in total. The van der Waals surface area contributed by atoms with Crippen LogP contribution in [-0.2, 0) is 11.3 Å². The Hall–Kier alpha value is -3.60. The lowest BCUT2D eigenvalue weighted by Gasteiger charge is -2.20. The molecule has 0 aliphatic carbocycles. The Labute approximate surface area is 213 Å². The second kappa shape index (κ2) is 10.2. The predicted octanol–water partition coefficient (Wildman–Crippen LogP) is 6.65. The van der Waals surface area contributed by atoms with E-state index in [0.29, 0.717) is 19.6 Å². The number of anilines is 1. The fourth-order valence-electron chi connectivity index (χ4n) is 5.30. The van der Waals surface area contributed by atoms with E-state index in [1.165, 1.54) is 22.3 Å². The summed E-state index contributed by atoms with van der Waals surface area (Å²) < 4.78 is 8.38. The monoisotopic (exact) mass is 481 g/mol. The summed E-state index contributed by atoms with van der Waals surface area (Å²) in [6.45, 7) is 10.6. The predicted molar refractivity (Wildman–Crippen MR) is 146 cm³/mol. The zero-order chi connectivity index (χ0) is 25.2. The molecule has 1 saturated heterocycles. The van der Waals surface area contributed by atoms with Gasteiger partial charge in [-0.15, -0.1) is 0 Å². The summed E-state index contributed by atoms with van der Waals surface area (Å²) >= 11 is 0. The highest BCUT2D eigenvalue weighted by Gasteiger charge is 2.35. The van der Waals surface area contributed by atoms with Crippen LogP contribution in [-0.4, -0.2) is 28.6 Å². The largest absolute Gasteiger partial charge is 0.493 e. The molecule has 1 aliphatic rings. The average molecular weight is 482 g/mol. The van der Waals surface area contributed by atoms with E-state index in [9.17, 15) is 4.79 Å². The molecule has 5 rings (SSSR count). The lowest BCUT2D eigenvalue weighted by atomic mass is 10.1. The van der Waals surface area contributed by atoms with Gasteiger partial charge in [-0.05, 0) is 81.5 Å². The quantitative estimate of drug-likeness (QED) is 0.265. The number of hydrogen-bond donors (Lipinski definition) is 0. The lowest BCUT2D eigenvalue weighted by molar-refractivity contribution is -0.117. The molecule has 36 heavy (non-hydrogen) atoms. The van der Waals surface area contributed by atoms with Gasteiger partial charge in [-0.3, -0.25) is 4.79 Å². The molecule has 0 spiro atoms. The van der Waals surface area contributed by atoms with Gasteiger partial charge in [-0.25, -0.2) is 4.98 Å².